The van der Waals surface area contributed by atoms with Crippen LogP contribution in [0.5, 0.6) is 0 Å². The van der Waals surface area contributed by atoms with E-state index in [1.54, 1.807) is 53.4 Å². The number of amides is 3. The lowest BCUT2D eigenvalue weighted by molar-refractivity contribution is 0.0263. The van der Waals surface area contributed by atoms with Gasteiger partial charge in [0.15, 0.2) is 0 Å². The lowest BCUT2D eigenvalue weighted by Crippen LogP contribution is -2.39. The van der Waals surface area contributed by atoms with Crippen LogP contribution in [0.25, 0.3) is 0 Å². The molecule has 1 aliphatic rings. The Balaban J connectivity index is 1.37. The van der Waals surface area contributed by atoms with Gasteiger partial charge in [-0.05, 0) is 75.7 Å². The van der Waals surface area contributed by atoms with Crippen LogP contribution in [-0.4, -0.2) is 54.6 Å². The summed E-state index contributed by atoms with van der Waals surface area (Å²) >= 11 is 7.13. The normalized spacial score (nSPS) is 14.0. The molecule has 2 N–H and O–H groups in total. The van der Waals surface area contributed by atoms with E-state index >= 15 is 0 Å². The predicted octanol–water partition coefficient (Wildman–Crippen LogP) is 6.35. The molecule has 2 heterocycles. The van der Waals surface area contributed by atoms with Gasteiger partial charge in [0.05, 0.1) is 20.6 Å². The van der Waals surface area contributed by atoms with E-state index in [1.807, 2.05) is 32.9 Å². The molecule has 3 amide bonds. The second-order valence-corrected chi connectivity index (χ2v) is 11.6. The Labute approximate surface area is 231 Å². The van der Waals surface area contributed by atoms with Crippen molar-refractivity contribution in [1.29, 1.82) is 0 Å². The number of halogens is 1. The summed E-state index contributed by atoms with van der Waals surface area (Å²) in [6.45, 7) is 8.27. The SMILES string of the molecule is CC(C)(C)OC(=O)N1CCCN(c2ccc(C(=O)Nc3ccccc3NC(=O)c3ccc(Cl)s3)cc2)CC1. The number of benzene rings is 2. The number of carbonyl (C=O) groups excluding carboxylic acids is 3. The maximum Gasteiger partial charge on any atom is 0.410 e. The summed E-state index contributed by atoms with van der Waals surface area (Å²) in [4.78, 5) is 42.4. The highest BCUT2D eigenvalue weighted by Gasteiger charge is 2.24. The van der Waals surface area contributed by atoms with Crippen molar-refractivity contribution < 1.29 is 19.1 Å². The first-order valence-corrected chi connectivity index (χ1v) is 13.6. The third-order valence-corrected chi connectivity index (χ3v) is 7.09. The molecular formula is C28H31ClN4O4S. The highest BCUT2D eigenvalue weighted by molar-refractivity contribution is 7.18. The smallest absolute Gasteiger partial charge is 0.410 e. The van der Waals surface area contributed by atoms with Crippen LogP contribution >= 0.6 is 22.9 Å². The van der Waals surface area contributed by atoms with Gasteiger partial charge in [0.25, 0.3) is 11.8 Å². The Kier molecular flexibility index (Phi) is 8.58. The number of hydrogen-bond donors (Lipinski definition) is 2. The van der Waals surface area contributed by atoms with Gasteiger partial charge in [0.1, 0.15) is 5.60 Å². The van der Waals surface area contributed by atoms with Crippen molar-refractivity contribution in [3.05, 3.63) is 75.4 Å². The van der Waals surface area contributed by atoms with E-state index in [2.05, 4.69) is 15.5 Å². The zero-order valence-electron chi connectivity index (χ0n) is 21.6. The number of anilines is 3. The van der Waals surface area contributed by atoms with Gasteiger partial charge in [0.2, 0.25) is 0 Å². The van der Waals surface area contributed by atoms with Crippen molar-refractivity contribution in [3.8, 4) is 0 Å². The molecule has 8 nitrogen and oxygen atoms in total. The largest absolute Gasteiger partial charge is 0.444 e. The lowest BCUT2D eigenvalue weighted by atomic mass is 10.1. The van der Waals surface area contributed by atoms with Crippen molar-refractivity contribution in [3.63, 3.8) is 0 Å². The highest BCUT2D eigenvalue weighted by Crippen LogP contribution is 2.26. The Bertz CT molecular complexity index is 1300. The average Bonchev–Trinajstić information content (AvgIpc) is 3.16. The molecule has 0 atom stereocenters. The van der Waals surface area contributed by atoms with E-state index in [-0.39, 0.29) is 17.9 Å². The van der Waals surface area contributed by atoms with Crippen molar-refractivity contribution in [2.45, 2.75) is 32.8 Å². The minimum Gasteiger partial charge on any atom is -0.444 e. The number of nitrogens with one attached hydrogen (secondary N) is 2. The number of carbonyl (C=O) groups is 3. The molecule has 2 aromatic carbocycles. The summed E-state index contributed by atoms with van der Waals surface area (Å²) in [5, 5.41) is 5.72. The standard InChI is InChI=1S/C28H31ClN4O4S/c1-28(2,3)37-27(36)33-16-6-15-32(17-18-33)20-11-9-19(10-12-20)25(34)30-21-7-4-5-8-22(21)31-26(35)23-13-14-24(29)38-23/h4-5,7-14H,6,15-18H2,1-3H3,(H,30,34)(H,31,35). The second-order valence-electron chi connectivity index (χ2n) is 9.91. The van der Waals surface area contributed by atoms with Crippen LogP contribution < -0.4 is 15.5 Å². The average molecular weight is 555 g/mol. The van der Waals surface area contributed by atoms with Gasteiger partial charge < -0.3 is 25.2 Å². The number of nitrogens with zero attached hydrogens (tertiary/aromatic N) is 2. The molecule has 38 heavy (non-hydrogen) atoms. The quantitative estimate of drug-likeness (QED) is 0.383. The zero-order valence-corrected chi connectivity index (χ0v) is 23.2. The second kappa shape index (κ2) is 11.9. The fraction of sp³-hybridized carbons (Fsp3) is 0.321. The molecule has 0 saturated carbocycles. The van der Waals surface area contributed by atoms with Gasteiger partial charge in [-0.1, -0.05) is 23.7 Å². The molecule has 0 unspecified atom stereocenters. The lowest BCUT2D eigenvalue weighted by Gasteiger charge is -2.27. The predicted molar refractivity (Wildman–Crippen MR) is 153 cm³/mol. The van der Waals surface area contributed by atoms with E-state index in [1.165, 1.54) is 11.3 Å². The van der Waals surface area contributed by atoms with Crippen molar-refractivity contribution in [2.24, 2.45) is 0 Å². The first kappa shape index (κ1) is 27.5. The monoisotopic (exact) mass is 554 g/mol. The Morgan fingerprint density at radius 1 is 0.842 bits per heavy atom. The van der Waals surface area contributed by atoms with Gasteiger partial charge in [0, 0.05) is 37.4 Å². The van der Waals surface area contributed by atoms with E-state index in [4.69, 9.17) is 16.3 Å². The maximum absolute atomic E-state index is 13.0. The summed E-state index contributed by atoms with van der Waals surface area (Å²) in [7, 11) is 0. The minimum atomic E-state index is -0.524. The third-order valence-electron chi connectivity index (χ3n) is 5.86. The molecule has 4 rings (SSSR count). The summed E-state index contributed by atoms with van der Waals surface area (Å²) in [5.74, 6) is -0.583. The van der Waals surface area contributed by atoms with E-state index in [9.17, 15) is 14.4 Å². The molecule has 1 saturated heterocycles. The van der Waals surface area contributed by atoms with E-state index in [0.717, 1.165) is 18.7 Å². The number of hydrogen-bond acceptors (Lipinski definition) is 6. The van der Waals surface area contributed by atoms with Gasteiger partial charge in [-0.25, -0.2) is 4.79 Å². The molecular weight excluding hydrogens is 524 g/mol. The maximum atomic E-state index is 13.0. The first-order valence-electron chi connectivity index (χ1n) is 12.4. The summed E-state index contributed by atoms with van der Waals surface area (Å²) in [6.07, 6.45) is 0.531. The molecule has 1 aliphatic heterocycles. The fourth-order valence-electron chi connectivity index (χ4n) is 4.02. The van der Waals surface area contributed by atoms with Crippen LogP contribution in [-0.2, 0) is 4.74 Å². The molecule has 1 aromatic heterocycles. The number of thiophene rings is 1. The molecule has 0 spiro atoms. The summed E-state index contributed by atoms with van der Waals surface area (Å²) < 4.78 is 6.04. The van der Waals surface area contributed by atoms with Crippen LogP contribution in [0.15, 0.2) is 60.7 Å². The van der Waals surface area contributed by atoms with Crippen molar-refractivity contribution >= 4 is 57.9 Å². The number of ether oxygens (including phenoxy) is 1. The van der Waals surface area contributed by atoms with Crippen molar-refractivity contribution in [2.75, 3.05) is 41.7 Å². The first-order chi connectivity index (χ1) is 18.1. The fourth-order valence-corrected chi connectivity index (χ4v) is 4.96. The van der Waals surface area contributed by atoms with Gasteiger partial charge in [-0.3, -0.25) is 9.59 Å². The van der Waals surface area contributed by atoms with Crippen LogP contribution in [0.3, 0.4) is 0 Å². The number of rotatable bonds is 5. The van der Waals surface area contributed by atoms with E-state index < -0.39 is 5.60 Å². The van der Waals surface area contributed by atoms with Gasteiger partial charge in [-0.2, -0.15) is 0 Å². The van der Waals surface area contributed by atoms with Crippen LogP contribution in [0, 0.1) is 0 Å². The van der Waals surface area contributed by atoms with Crippen LogP contribution in [0.4, 0.5) is 21.9 Å². The molecule has 10 heteroatoms. The minimum absolute atomic E-state index is 0.288. The van der Waals surface area contributed by atoms with E-state index in [0.29, 0.717) is 45.8 Å². The Morgan fingerprint density at radius 2 is 1.50 bits per heavy atom. The van der Waals surface area contributed by atoms with Crippen molar-refractivity contribution in [1.82, 2.24) is 4.90 Å². The van der Waals surface area contributed by atoms with Crippen LogP contribution in [0.1, 0.15) is 47.2 Å². The molecule has 0 bridgehead atoms. The van der Waals surface area contributed by atoms with Crippen LogP contribution in [0.2, 0.25) is 4.34 Å². The molecule has 3 aromatic rings. The number of para-hydroxylation sites is 2. The molecule has 0 aliphatic carbocycles. The summed E-state index contributed by atoms with van der Waals surface area (Å²) in [5.41, 5.74) is 1.93. The zero-order chi connectivity index (χ0) is 27.3. The Morgan fingerprint density at radius 3 is 2.11 bits per heavy atom. The highest BCUT2D eigenvalue weighted by atomic mass is 35.5. The molecule has 200 valence electrons. The summed E-state index contributed by atoms with van der Waals surface area (Å²) in [6, 6.07) is 17.7. The topological polar surface area (TPSA) is 91.0 Å². The third kappa shape index (κ3) is 7.26. The molecule has 1 fully saturated rings. The Hall–Kier alpha value is -3.56. The van der Waals surface area contributed by atoms with Gasteiger partial charge >= 0.3 is 6.09 Å². The molecule has 0 radical (unpaired) electrons. The van der Waals surface area contributed by atoms with Gasteiger partial charge in [-0.15, -0.1) is 11.3 Å².